The molecule has 0 saturated heterocycles. The first-order valence-electron chi connectivity index (χ1n) is 5.96. The smallest absolute Gasteiger partial charge is 0.354 e. The van der Waals surface area contributed by atoms with Crippen LogP contribution >= 0.6 is 0 Å². The minimum atomic E-state index is -1.16. The SMILES string of the molecule is Cc1cc(NC(=O)C2=NN(C)C(=O)CC2)c(C(=O)O)[nH]1. The van der Waals surface area contributed by atoms with Gasteiger partial charge in [0.15, 0.2) is 0 Å². The van der Waals surface area contributed by atoms with Gasteiger partial charge < -0.3 is 15.4 Å². The molecule has 2 heterocycles. The molecule has 8 heteroatoms. The van der Waals surface area contributed by atoms with Crippen LogP contribution in [-0.4, -0.2) is 45.6 Å². The van der Waals surface area contributed by atoms with Gasteiger partial charge in [0.25, 0.3) is 5.91 Å². The van der Waals surface area contributed by atoms with Crippen LogP contribution in [0.15, 0.2) is 11.2 Å². The number of aromatic nitrogens is 1. The van der Waals surface area contributed by atoms with Crippen LogP contribution in [0.3, 0.4) is 0 Å². The summed E-state index contributed by atoms with van der Waals surface area (Å²) in [5.41, 5.74) is 0.914. The van der Waals surface area contributed by atoms with Crippen molar-refractivity contribution in [2.75, 3.05) is 12.4 Å². The number of rotatable bonds is 3. The Kier molecular flexibility index (Phi) is 3.55. The van der Waals surface area contributed by atoms with Gasteiger partial charge >= 0.3 is 5.97 Å². The Balaban J connectivity index is 2.18. The molecule has 8 nitrogen and oxygen atoms in total. The quantitative estimate of drug-likeness (QED) is 0.749. The second kappa shape index (κ2) is 5.16. The topological polar surface area (TPSA) is 115 Å². The molecule has 0 radical (unpaired) electrons. The molecule has 106 valence electrons. The lowest BCUT2D eigenvalue weighted by atomic mass is 10.1. The number of aromatic carboxylic acids is 1. The van der Waals surface area contributed by atoms with Crippen molar-refractivity contribution in [3.05, 3.63) is 17.5 Å². The lowest BCUT2D eigenvalue weighted by molar-refractivity contribution is -0.130. The van der Waals surface area contributed by atoms with E-state index in [1.807, 2.05) is 0 Å². The number of nitrogens with zero attached hydrogens (tertiary/aromatic N) is 2. The minimum Gasteiger partial charge on any atom is -0.477 e. The number of anilines is 1. The van der Waals surface area contributed by atoms with Crippen LogP contribution in [0.5, 0.6) is 0 Å². The third-order valence-electron chi connectivity index (χ3n) is 2.88. The van der Waals surface area contributed by atoms with Crippen LogP contribution in [0.4, 0.5) is 5.69 Å². The summed E-state index contributed by atoms with van der Waals surface area (Å²) in [7, 11) is 1.47. The average Bonchev–Trinajstić information content (AvgIpc) is 2.73. The number of hydrogen-bond donors (Lipinski definition) is 3. The molecule has 0 unspecified atom stereocenters. The van der Waals surface area contributed by atoms with E-state index in [0.29, 0.717) is 5.69 Å². The van der Waals surface area contributed by atoms with E-state index >= 15 is 0 Å². The van der Waals surface area contributed by atoms with Gasteiger partial charge in [0.1, 0.15) is 11.4 Å². The van der Waals surface area contributed by atoms with Crippen molar-refractivity contribution in [2.24, 2.45) is 5.10 Å². The first kappa shape index (κ1) is 13.8. The first-order valence-corrected chi connectivity index (χ1v) is 5.96. The number of amides is 2. The van der Waals surface area contributed by atoms with Gasteiger partial charge in [-0.3, -0.25) is 9.59 Å². The number of hydrazone groups is 1. The molecule has 0 aromatic carbocycles. The highest BCUT2D eigenvalue weighted by Crippen LogP contribution is 2.17. The number of H-pyrrole nitrogens is 1. The molecule has 3 N–H and O–H groups in total. The van der Waals surface area contributed by atoms with Crippen molar-refractivity contribution in [2.45, 2.75) is 19.8 Å². The Bertz CT molecular complexity index is 617. The number of carbonyl (C=O) groups excluding carboxylic acids is 2. The van der Waals surface area contributed by atoms with E-state index in [1.54, 1.807) is 6.92 Å². The molecule has 1 aliphatic heterocycles. The number of carbonyl (C=O) groups is 3. The van der Waals surface area contributed by atoms with Crippen molar-refractivity contribution >= 4 is 29.2 Å². The van der Waals surface area contributed by atoms with Gasteiger partial charge in [0, 0.05) is 25.6 Å². The normalized spacial score (nSPS) is 15.0. The number of nitrogens with one attached hydrogen (secondary N) is 2. The number of carboxylic acid groups (broad SMARTS) is 1. The van der Waals surface area contributed by atoms with Gasteiger partial charge in [0.2, 0.25) is 5.91 Å². The second-order valence-electron chi connectivity index (χ2n) is 4.46. The summed E-state index contributed by atoms with van der Waals surface area (Å²) in [4.78, 5) is 37.0. The Morgan fingerprint density at radius 3 is 2.75 bits per heavy atom. The van der Waals surface area contributed by atoms with Crippen LogP contribution < -0.4 is 5.32 Å². The third-order valence-corrected chi connectivity index (χ3v) is 2.88. The molecule has 0 spiro atoms. The maximum absolute atomic E-state index is 12.0. The van der Waals surface area contributed by atoms with E-state index in [9.17, 15) is 14.4 Å². The second-order valence-corrected chi connectivity index (χ2v) is 4.46. The summed E-state index contributed by atoms with van der Waals surface area (Å²) < 4.78 is 0. The molecule has 2 amide bonds. The Hall–Kier alpha value is -2.64. The zero-order valence-electron chi connectivity index (χ0n) is 11.1. The van der Waals surface area contributed by atoms with Gasteiger partial charge in [-0.25, -0.2) is 9.80 Å². The van der Waals surface area contributed by atoms with Gasteiger partial charge in [-0.15, -0.1) is 0 Å². The van der Waals surface area contributed by atoms with Crippen molar-refractivity contribution < 1.29 is 19.5 Å². The van der Waals surface area contributed by atoms with Crippen molar-refractivity contribution in [1.29, 1.82) is 0 Å². The molecule has 1 aromatic heterocycles. The highest BCUT2D eigenvalue weighted by atomic mass is 16.4. The fourth-order valence-electron chi connectivity index (χ4n) is 1.88. The van der Waals surface area contributed by atoms with E-state index < -0.39 is 11.9 Å². The van der Waals surface area contributed by atoms with Gasteiger partial charge in [-0.1, -0.05) is 0 Å². The minimum absolute atomic E-state index is 0.0864. The predicted octanol–water partition coefficient (Wildman–Crippen LogP) is 0.568. The summed E-state index contributed by atoms with van der Waals surface area (Å²) in [6.07, 6.45) is 0.446. The van der Waals surface area contributed by atoms with Crippen LogP contribution in [-0.2, 0) is 9.59 Å². The Morgan fingerprint density at radius 2 is 2.15 bits per heavy atom. The molecule has 1 aliphatic rings. The fourth-order valence-corrected chi connectivity index (χ4v) is 1.88. The average molecular weight is 278 g/mol. The predicted molar refractivity (Wildman–Crippen MR) is 70.6 cm³/mol. The van der Waals surface area contributed by atoms with Crippen molar-refractivity contribution in [1.82, 2.24) is 9.99 Å². The third kappa shape index (κ3) is 2.68. The van der Waals surface area contributed by atoms with Crippen molar-refractivity contribution in [3.63, 3.8) is 0 Å². The van der Waals surface area contributed by atoms with Gasteiger partial charge in [-0.05, 0) is 13.0 Å². The maximum Gasteiger partial charge on any atom is 0.354 e. The van der Waals surface area contributed by atoms with Gasteiger partial charge in [0.05, 0.1) is 5.69 Å². The van der Waals surface area contributed by atoms with Crippen LogP contribution in [0.2, 0.25) is 0 Å². The molecule has 0 fully saturated rings. The summed E-state index contributed by atoms with van der Waals surface area (Å²) >= 11 is 0. The number of aryl methyl sites for hydroxylation is 1. The molecule has 2 rings (SSSR count). The first-order chi connectivity index (χ1) is 9.38. The summed E-state index contributed by atoms with van der Waals surface area (Å²) in [5, 5.41) is 16.5. The van der Waals surface area contributed by atoms with Crippen LogP contribution in [0.25, 0.3) is 0 Å². The molecule has 0 atom stereocenters. The number of hydrogen-bond acceptors (Lipinski definition) is 4. The highest BCUT2D eigenvalue weighted by molar-refractivity contribution is 6.43. The zero-order chi connectivity index (χ0) is 14.9. The van der Waals surface area contributed by atoms with E-state index in [4.69, 9.17) is 5.11 Å². The molecule has 1 aromatic rings. The van der Waals surface area contributed by atoms with Gasteiger partial charge in [-0.2, -0.15) is 5.10 Å². The molecule has 20 heavy (non-hydrogen) atoms. The highest BCUT2D eigenvalue weighted by Gasteiger charge is 2.23. The van der Waals surface area contributed by atoms with E-state index in [-0.39, 0.29) is 35.8 Å². The number of aromatic amines is 1. The standard InChI is InChI=1S/C12H14N4O4/c1-6-5-8(10(13-6)12(19)20)14-11(18)7-3-4-9(17)16(2)15-7/h5,13H,3-4H2,1-2H3,(H,14,18)(H,19,20). The molecular weight excluding hydrogens is 264 g/mol. The lowest BCUT2D eigenvalue weighted by Gasteiger charge is -2.18. The monoisotopic (exact) mass is 278 g/mol. The summed E-state index contributed by atoms with van der Waals surface area (Å²) in [6, 6.07) is 1.53. The van der Waals surface area contributed by atoms with Crippen LogP contribution in [0.1, 0.15) is 29.0 Å². The van der Waals surface area contributed by atoms with Crippen LogP contribution in [0, 0.1) is 6.92 Å². The number of carboxylic acids is 1. The summed E-state index contributed by atoms with van der Waals surface area (Å²) in [6.45, 7) is 1.69. The lowest BCUT2D eigenvalue weighted by Crippen LogP contribution is -2.34. The van der Waals surface area contributed by atoms with E-state index in [2.05, 4.69) is 15.4 Å². The Labute approximate surface area is 114 Å². The molecular formula is C12H14N4O4. The van der Waals surface area contributed by atoms with E-state index in [0.717, 1.165) is 5.01 Å². The van der Waals surface area contributed by atoms with E-state index in [1.165, 1.54) is 13.1 Å². The zero-order valence-corrected chi connectivity index (χ0v) is 11.1. The van der Waals surface area contributed by atoms with Crippen molar-refractivity contribution in [3.8, 4) is 0 Å². The fraction of sp³-hybridized carbons (Fsp3) is 0.333. The summed E-state index contributed by atoms with van der Waals surface area (Å²) in [5.74, 6) is -1.83. The molecule has 0 saturated carbocycles. The largest absolute Gasteiger partial charge is 0.477 e. The maximum atomic E-state index is 12.0. The molecule has 0 aliphatic carbocycles. The molecule has 0 bridgehead atoms. The Morgan fingerprint density at radius 1 is 1.45 bits per heavy atom.